The van der Waals surface area contributed by atoms with Gasteiger partial charge in [0, 0.05) is 0 Å². The Hall–Kier alpha value is -2.71. The predicted molar refractivity (Wildman–Crippen MR) is 92.1 cm³/mol. The highest BCUT2D eigenvalue weighted by molar-refractivity contribution is 5.84. The van der Waals surface area contributed by atoms with Crippen LogP contribution in [0.5, 0.6) is 0 Å². The molecule has 3 aromatic rings. The summed E-state index contributed by atoms with van der Waals surface area (Å²) in [5.74, 6) is -0.311. The van der Waals surface area contributed by atoms with Crippen molar-refractivity contribution in [3.05, 3.63) is 107 Å². The summed E-state index contributed by atoms with van der Waals surface area (Å²) < 4.78 is 13.1. The Morgan fingerprint density at radius 3 is 1.96 bits per heavy atom. The van der Waals surface area contributed by atoms with Crippen molar-refractivity contribution in [1.29, 1.82) is 0 Å². The van der Waals surface area contributed by atoms with Gasteiger partial charge in [-0.05, 0) is 40.5 Å². The molecule has 1 N–H and O–H groups in total. The summed E-state index contributed by atoms with van der Waals surface area (Å²) in [6.07, 6.45) is 1.14. The van der Waals surface area contributed by atoms with Gasteiger partial charge in [0.15, 0.2) is 0 Å². The van der Waals surface area contributed by atoms with Gasteiger partial charge < -0.3 is 5.11 Å². The van der Waals surface area contributed by atoms with Gasteiger partial charge in [-0.15, -0.1) is 0 Å². The van der Waals surface area contributed by atoms with Crippen LogP contribution in [0.4, 0.5) is 4.39 Å². The molecule has 1 atom stereocenters. The summed E-state index contributed by atoms with van der Waals surface area (Å²) in [5, 5.41) is 10.8. The Labute approximate surface area is 135 Å². The van der Waals surface area contributed by atoms with E-state index in [2.05, 4.69) is 0 Å². The fourth-order valence-electron chi connectivity index (χ4n) is 2.50. The molecule has 0 amide bonds. The van der Waals surface area contributed by atoms with Crippen LogP contribution in [0.1, 0.15) is 22.8 Å². The Bertz CT molecular complexity index is 777. The second kappa shape index (κ2) is 7.03. The van der Waals surface area contributed by atoms with Crippen LogP contribution in [0.15, 0.2) is 84.9 Å². The van der Waals surface area contributed by atoms with E-state index in [0.29, 0.717) is 5.56 Å². The third kappa shape index (κ3) is 3.74. The first-order valence-corrected chi connectivity index (χ1v) is 7.49. The maximum atomic E-state index is 13.1. The minimum atomic E-state index is -0.821. The van der Waals surface area contributed by atoms with Crippen molar-refractivity contribution in [2.45, 2.75) is 6.10 Å². The number of hydrogen-bond donors (Lipinski definition) is 1. The van der Waals surface area contributed by atoms with Crippen molar-refractivity contribution in [1.82, 2.24) is 0 Å². The number of aliphatic hydroxyl groups is 1. The van der Waals surface area contributed by atoms with Crippen LogP contribution in [0, 0.1) is 5.82 Å². The third-order valence-electron chi connectivity index (χ3n) is 3.71. The zero-order chi connectivity index (χ0) is 16.1. The smallest absolute Gasteiger partial charge is 0.123 e. The zero-order valence-electron chi connectivity index (χ0n) is 12.6. The van der Waals surface area contributed by atoms with Gasteiger partial charge in [0.25, 0.3) is 0 Å². The van der Waals surface area contributed by atoms with Gasteiger partial charge in [-0.2, -0.15) is 0 Å². The lowest BCUT2D eigenvalue weighted by Crippen LogP contribution is -2.01. The Morgan fingerprint density at radius 2 is 1.35 bits per heavy atom. The van der Waals surface area contributed by atoms with Crippen LogP contribution < -0.4 is 0 Å². The predicted octanol–water partition coefficient (Wildman–Crippen LogP) is 5.10. The van der Waals surface area contributed by atoms with Gasteiger partial charge >= 0.3 is 0 Å². The molecule has 0 bridgehead atoms. The van der Waals surface area contributed by atoms with Gasteiger partial charge in [0.1, 0.15) is 11.9 Å². The van der Waals surface area contributed by atoms with E-state index in [1.54, 1.807) is 12.1 Å². The molecule has 0 saturated heterocycles. The quantitative estimate of drug-likeness (QED) is 0.665. The Kier molecular flexibility index (Phi) is 4.65. The highest BCUT2D eigenvalue weighted by Gasteiger charge is 2.15. The minimum Gasteiger partial charge on any atom is -0.384 e. The first kappa shape index (κ1) is 15.2. The molecule has 2 heteroatoms. The van der Waals surface area contributed by atoms with Gasteiger partial charge in [-0.1, -0.05) is 72.8 Å². The third-order valence-corrected chi connectivity index (χ3v) is 3.71. The van der Waals surface area contributed by atoms with Crippen molar-refractivity contribution in [2.75, 3.05) is 0 Å². The molecule has 0 radical (unpaired) electrons. The topological polar surface area (TPSA) is 20.2 Å². The molecule has 1 unspecified atom stereocenters. The molecular formula is C21H17FO. The maximum Gasteiger partial charge on any atom is 0.123 e. The molecule has 0 aliphatic heterocycles. The van der Waals surface area contributed by atoms with Crippen LogP contribution in [0.25, 0.3) is 11.6 Å². The lowest BCUT2D eigenvalue weighted by atomic mass is 9.93. The standard InChI is InChI=1S/C21H17FO/c22-19-13-11-18(12-14-19)21(23)20(17-9-5-2-6-10-17)15-16-7-3-1-4-8-16/h1-15,21,23H/b20-15-. The zero-order valence-corrected chi connectivity index (χ0v) is 12.6. The molecule has 0 fully saturated rings. The molecular weight excluding hydrogens is 287 g/mol. The molecule has 23 heavy (non-hydrogen) atoms. The first-order valence-electron chi connectivity index (χ1n) is 7.49. The average molecular weight is 304 g/mol. The van der Waals surface area contributed by atoms with Crippen molar-refractivity contribution in [3.8, 4) is 0 Å². The van der Waals surface area contributed by atoms with Crippen molar-refractivity contribution in [3.63, 3.8) is 0 Å². The Morgan fingerprint density at radius 1 is 0.783 bits per heavy atom. The fourth-order valence-corrected chi connectivity index (χ4v) is 2.50. The van der Waals surface area contributed by atoms with Crippen LogP contribution in [-0.4, -0.2) is 5.11 Å². The second-order valence-electron chi connectivity index (χ2n) is 5.33. The van der Waals surface area contributed by atoms with E-state index in [1.807, 2.05) is 66.7 Å². The molecule has 3 rings (SSSR count). The highest BCUT2D eigenvalue weighted by Crippen LogP contribution is 2.31. The average Bonchev–Trinajstić information content (AvgIpc) is 2.61. The van der Waals surface area contributed by atoms with E-state index < -0.39 is 6.10 Å². The monoisotopic (exact) mass is 304 g/mol. The van der Waals surface area contributed by atoms with E-state index in [9.17, 15) is 9.50 Å². The molecule has 0 spiro atoms. The second-order valence-corrected chi connectivity index (χ2v) is 5.33. The molecule has 0 saturated carbocycles. The number of halogens is 1. The molecule has 0 heterocycles. The SMILES string of the molecule is OC(/C(=C\c1ccccc1)c1ccccc1)c1ccc(F)cc1. The number of aliphatic hydroxyl groups excluding tert-OH is 1. The number of benzene rings is 3. The van der Waals surface area contributed by atoms with Gasteiger partial charge in [-0.25, -0.2) is 4.39 Å². The molecule has 3 aromatic carbocycles. The molecule has 114 valence electrons. The molecule has 1 nitrogen and oxygen atoms in total. The van der Waals surface area contributed by atoms with Crippen molar-refractivity contribution in [2.24, 2.45) is 0 Å². The van der Waals surface area contributed by atoms with Gasteiger partial charge in [0.05, 0.1) is 0 Å². The summed E-state index contributed by atoms with van der Waals surface area (Å²) in [5.41, 5.74) is 3.39. The van der Waals surface area contributed by atoms with Crippen molar-refractivity contribution >= 4 is 11.6 Å². The van der Waals surface area contributed by atoms with Gasteiger partial charge in [-0.3, -0.25) is 0 Å². The lowest BCUT2D eigenvalue weighted by molar-refractivity contribution is 0.239. The minimum absolute atomic E-state index is 0.311. The fraction of sp³-hybridized carbons (Fsp3) is 0.0476. The van der Waals surface area contributed by atoms with E-state index in [1.165, 1.54) is 12.1 Å². The molecule has 0 aliphatic carbocycles. The molecule has 0 aromatic heterocycles. The summed E-state index contributed by atoms with van der Waals surface area (Å²) >= 11 is 0. The highest BCUT2D eigenvalue weighted by atomic mass is 19.1. The van der Waals surface area contributed by atoms with E-state index in [-0.39, 0.29) is 5.82 Å². The van der Waals surface area contributed by atoms with Crippen LogP contribution >= 0.6 is 0 Å². The van der Waals surface area contributed by atoms with E-state index in [0.717, 1.165) is 16.7 Å². The van der Waals surface area contributed by atoms with E-state index >= 15 is 0 Å². The van der Waals surface area contributed by atoms with E-state index in [4.69, 9.17) is 0 Å². The number of hydrogen-bond acceptors (Lipinski definition) is 1. The largest absolute Gasteiger partial charge is 0.384 e. The van der Waals surface area contributed by atoms with Crippen molar-refractivity contribution < 1.29 is 9.50 Å². The maximum absolute atomic E-state index is 13.1. The number of rotatable bonds is 4. The lowest BCUT2D eigenvalue weighted by Gasteiger charge is -2.16. The van der Waals surface area contributed by atoms with Crippen LogP contribution in [-0.2, 0) is 0 Å². The summed E-state index contributed by atoms with van der Waals surface area (Å²) in [6.45, 7) is 0. The normalized spacial score (nSPS) is 12.9. The Balaban J connectivity index is 2.05. The molecule has 0 aliphatic rings. The summed E-state index contributed by atoms with van der Waals surface area (Å²) in [7, 11) is 0. The summed E-state index contributed by atoms with van der Waals surface area (Å²) in [6, 6.07) is 25.5. The van der Waals surface area contributed by atoms with Crippen LogP contribution in [0.2, 0.25) is 0 Å². The first-order chi connectivity index (χ1) is 11.2. The van der Waals surface area contributed by atoms with Gasteiger partial charge in [0.2, 0.25) is 0 Å². The summed E-state index contributed by atoms with van der Waals surface area (Å²) in [4.78, 5) is 0. The van der Waals surface area contributed by atoms with Crippen LogP contribution in [0.3, 0.4) is 0 Å².